The second-order valence-electron chi connectivity index (χ2n) is 8.43. The molecule has 37 heavy (non-hydrogen) atoms. The van der Waals surface area contributed by atoms with E-state index in [4.69, 9.17) is 5.73 Å². The van der Waals surface area contributed by atoms with E-state index < -0.39 is 47.1 Å². The normalized spacial score (nSPS) is 13.8. The van der Waals surface area contributed by atoms with E-state index in [0.29, 0.717) is 16.8 Å². The number of fused-ring (bicyclic) bond motifs is 3. The second-order valence-corrected chi connectivity index (χ2v) is 8.43. The number of nitrogens with two attached hydrogens (primary N) is 1. The van der Waals surface area contributed by atoms with Gasteiger partial charge < -0.3 is 11.1 Å². The Balaban J connectivity index is 1.61. The lowest BCUT2D eigenvalue weighted by Gasteiger charge is -2.25. The third-order valence-corrected chi connectivity index (χ3v) is 6.04. The minimum atomic E-state index is -4.96. The highest BCUT2D eigenvalue weighted by Crippen LogP contribution is 2.42. The Morgan fingerprint density at radius 1 is 0.919 bits per heavy atom. The highest BCUT2D eigenvalue weighted by Gasteiger charge is 2.36. The van der Waals surface area contributed by atoms with Crippen molar-refractivity contribution in [2.75, 3.05) is 16.0 Å². The van der Waals surface area contributed by atoms with Crippen molar-refractivity contribution in [3.05, 3.63) is 95.3 Å². The monoisotopic (exact) mass is 507 g/mol. The minimum Gasteiger partial charge on any atom is -0.397 e. The second kappa shape index (κ2) is 8.74. The van der Waals surface area contributed by atoms with Gasteiger partial charge in [0.15, 0.2) is 5.78 Å². The van der Waals surface area contributed by atoms with Crippen molar-refractivity contribution in [3.63, 3.8) is 0 Å². The van der Waals surface area contributed by atoms with Crippen LogP contribution in [-0.2, 0) is 15.8 Å². The molecule has 0 saturated carbocycles. The Labute approximate surface area is 207 Å². The summed E-state index contributed by atoms with van der Waals surface area (Å²) in [5.74, 6) is -3.26. The highest BCUT2D eigenvalue weighted by molar-refractivity contribution is 6.22. The Hall–Kier alpha value is -4.73. The van der Waals surface area contributed by atoms with Gasteiger partial charge in [0.2, 0.25) is 11.8 Å². The van der Waals surface area contributed by atoms with Gasteiger partial charge in [0, 0.05) is 16.5 Å². The fourth-order valence-electron chi connectivity index (χ4n) is 4.38. The molecule has 0 aromatic heterocycles. The molecule has 2 amide bonds. The number of hydrogen-bond acceptors (Lipinski definition) is 4. The van der Waals surface area contributed by atoms with Gasteiger partial charge in [-0.2, -0.15) is 13.2 Å². The van der Waals surface area contributed by atoms with E-state index in [9.17, 15) is 31.9 Å². The SMILES string of the molecule is Nc1cc(C(=O)c2ccc(F)cc2C(F)(F)F)ccc1N1C(=O)CC(=O)Nc2c1ccc1ccccc21. The molecule has 0 unspecified atom stereocenters. The van der Waals surface area contributed by atoms with Crippen molar-refractivity contribution >= 4 is 51.1 Å². The molecule has 0 bridgehead atoms. The lowest BCUT2D eigenvalue weighted by Crippen LogP contribution is -2.27. The molecule has 1 aliphatic rings. The summed E-state index contributed by atoms with van der Waals surface area (Å²) in [4.78, 5) is 39.7. The fourth-order valence-corrected chi connectivity index (χ4v) is 4.38. The quantitative estimate of drug-likeness (QED) is 0.158. The van der Waals surface area contributed by atoms with Crippen LogP contribution in [0.25, 0.3) is 10.8 Å². The van der Waals surface area contributed by atoms with Crippen molar-refractivity contribution in [2.24, 2.45) is 0 Å². The topological polar surface area (TPSA) is 92.5 Å². The predicted octanol–water partition coefficient (Wildman–Crippen LogP) is 5.82. The number of nitrogen functional groups attached to an aromatic ring is 1. The fraction of sp³-hybridized carbons (Fsp3) is 0.0741. The summed E-state index contributed by atoms with van der Waals surface area (Å²) in [7, 11) is 0. The predicted molar refractivity (Wildman–Crippen MR) is 130 cm³/mol. The first-order chi connectivity index (χ1) is 17.5. The number of rotatable bonds is 3. The molecule has 186 valence electrons. The van der Waals surface area contributed by atoms with Crippen LogP contribution in [0.15, 0.2) is 72.8 Å². The van der Waals surface area contributed by atoms with E-state index >= 15 is 0 Å². The van der Waals surface area contributed by atoms with Gasteiger partial charge in [-0.05, 0) is 47.9 Å². The van der Waals surface area contributed by atoms with Crippen LogP contribution in [0.2, 0.25) is 0 Å². The van der Waals surface area contributed by atoms with Crippen LogP contribution in [0.4, 0.5) is 40.3 Å². The Morgan fingerprint density at radius 2 is 1.65 bits per heavy atom. The number of benzene rings is 4. The van der Waals surface area contributed by atoms with E-state index in [1.54, 1.807) is 24.3 Å². The van der Waals surface area contributed by atoms with Crippen molar-refractivity contribution in [3.8, 4) is 0 Å². The largest absolute Gasteiger partial charge is 0.417 e. The molecule has 5 rings (SSSR count). The van der Waals surface area contributed by atoms with Crippen LogP contribution in [0.1, 0.15) is 27.9 Å². The van der Waals surface area contributed by atoms with Gasteiger partial charge in [0.05, 0.1) is 28.3 Å². The third-order valence-electron chi connectivity index (χ3n) is 6.04. The number of anilines is 4. The van der Waals surface area contributed by atoms with Crippen molar-refractivity contribution in [1.82, 2.24) is 0 Å². The zero-order valence-electron chi connectivity index (χ0n) is 18.9. The molecule has 6 nitrogen and oxygen atoms in total. The van der Waals surface area contributed by atoms with Crippen molar-refractivity contribution in [1.29, 1.82) is 0 Å². The van der Waals surface area contributed by atoms with Crippen LogP contribution in [0.3, 0.4) is 0 Å². The van der Waals surface area contributed by atoms with Crippen LogP contribution in [-0.4, -0.2) is 17.6 Å². The number of ketones is 1. The first-order valence-electron chi connectivity index (χ1n) is 11.0. The molecule has 1 heterocycles. The van der Waals surface area contributed by atoms with E-state index in [1.807, 2.05) is 12.1 Å². The number of carbonyl (C=O) groups is 3. The molecule has 4 aromatic carbocycles. The molecule has 0 spiro atoms. The van der Waals surface area contributed by atoms with Gasteiger partial charge in [-0.25, -0.2) is 4.39 Å². The van der Waals surface area contributed by atoms with Crippen LogP contribution < -0.4 is 16.0 Å². The summed E-state index contributed by atoms with van der Waals surface area (Å²) in [5, 5.41) is 4.27. The molecule has 0 fully saturated rings. The first-order valence-corrected chi connectivity index (χ1v) is 11.0. The maximum Gasteiger partial charge on any atom is 0.417 e. The summed E-state index contributed by atoms with van der Waals surface area (Å²) in [6, 6.07) is 16.1. The number of carbonyl (C=O) groups excluding carboxylic acids is 3. The molecule has 0 atom stereocenters. The minimum absolute atomic E-state index is 0.0803. The van der Waals surface area contributed by atoms with Gasteiger partial charge in [0.25, 0.3) is 0 Å². The molecule has 1 aliphatic heterocycles. The van der Waals surface area contributed by atoms with Gasteiger partial charge in [-0.15, -0.1) is 0 Å². The number of alkyl halides is 3. The van der Waals surface area contributed by atoms with E-state index in [2.05, 4.69) is 5.32 Å². The Kier molecular flexibility index (Phi) is 5.66. The van der Waals surface area contributed by atoms with Crippen molar-refractivity contribution < 1.29 is 31.9 Å². The van der Waals surface area contributed by atoms with Gasteiger partial charge >= 0.3 is 6.18 Å². The van der Waals surface area contributed by atoms with Gasteiger partial charge in [-0.3, -0.25) is 19.3 Å². The zero-order chi connectivity index (χ0) is 26.5. The third kappa shape index (κ3) is 4.26. The Morgan fingerprint density at radius 3 is 2.38 bits per heavy atom. The summed E-state index contributed by atoms with van der Waals surface area (Å²) in [6.45, 7) is 0. The number of amides is 2. The molecule has 10 heteroatoms. The number of hydrogen-bond donors (Lipinski definition) is 2. The van der Waals surface area contributed by atoms with Gasteiger partial charge in [0.1, 0.15) is 12.2 Å². The molecule has 0 aliphatic carbocycles. The van der Waals surface area contributed by atoms with E-state index in [0.717, 1.165) is 23.6 Å². The average Bonchev–Trinajstić information content (AvgIpc) is 2.97. The number of nitrogens with zero attached hydrogens (tertiary/aromatic N) is 1. The van der Waals surface area contributed by atoms with Gasteiger partial charge in [-0.1, -0.05) is 30.3 Å². The first kappa shape index (κ1) is 24.0. The lowest BCUT2D eigenvalue weighted by atomic mass is 9.97. The molecular weight excluding hydrogens is 490 g/mol. The van der Waals surface area contributed by atoms with Crippen LogP contribution >= 0.6 is 0 Å². The van der Waals surface area contributed by atoms with Crippen LogP contribution in [0, 0.1) is 5.82 Å². The lowest BCUT2D eigenvalue weighted by molar-refractivity contribution is -0.138. The number of nitrogens with one attached hydrogen (secondary N) is 1. The standard InChI is InChI=1S/C27H17F4N3O3/c28-16-7-8-18(19(12-16)27(29,30)31)26(37)15-6-9-21(20(32)11-15)34-22-10-5-14-3-1-2-4-17(14)25(22)33-23(35)13-24(34)36/h1-12H,13,32H2,(H,33,35). The maximum atomic E-state index is 13.5. The average molecular weight is 507 g/mol. The summed E-state index contributed by atoms with van der Waals surface area (Å²) in [6.07, 6.45) is -5.43. The summed E-state index contributed by atoms with van der Waals surface area (Å²) >= 11 is 0. The molecular formula is C27H17F4N3O3. The summed E-state index contributed by atoms with van der Waals surface area (Å²) in [5.41, 5.74) is 4.67. The van der Waals surface area contributed by atoms with E-state index in [-0.39, 0.29) is 23.0 Å². The summed E-state index contributed by atoms with van der Waals surface area (Å²) < 4.78 is 53.8. The molecule has 0 radical (unpaired) electrons. The molecule has 4 aromatic rings. The Bertz CT molecular complexity index is 1610. The smallest absolute Gasteiger partial charge is 0.397 e. The zero-order valence-corrected chi connectivity index (χ0v) is 18.9. The number of halogens is 4. The van der Waals surface area contributed by atoms with Crippen LogP contribution in [0.5, 0.6) is 0 Å². The highest BCUT2D eigenvalue weighted by atomic mass is 19.4. The van der Waals surface area contributed by atoms with E-state index in [1.165, 1.54) is 17.0 Å². The molecule has 0 saturated heterocycles. The maximum absolute atomic E-state index is 13.5. The molecule has 3 N–H and O–H groups in total. The van der Waals surface area contributed by atoms with Crippen molar-refractivity contribution in [2.45, 2.75) is 12.6 Å².